The summed E-state index contributed by atoms with van der Waals surface area (Å²) in [4.78, 5) is 25.7. The van der Waals surface area contributed by atoms with Gasteiger partial charge in [0.2, 0.25) is 0 Å². The second kappa shape index (κ2) is 11.9. The van der Waals surface area contributed by atoms with E-state index in [1.54, 1.807) is 12.1 Å². The number of halogens is 1. The lowest BCUT2D eigenvalue weighted by Crippen LogP contribution is -2.22. The van der Waals surface area contributed by atoms with Crippen molar-refractivity contribution in [1.82, 2.24) is 5.32 Å². The maximum Gasteiger partial charge on any atom is 0.254 e. The number of fused-ring (bicyclic) bond motifs is 1. The van der Waals surface area contributed by atoms with E-state index in [2.05, 4.69) is 5.32 Å². The van der Waals surface area contributed by atoms with Crippen LogP contribution < -0.4 is 10.1 Å². The van der Waals surface area contributed by atoms with Crippen molar-refractivity contribution in [3.05, 3.63) is 64.7 Å². The highest BCUT2D eigenvalue weighted by atomic mass is 19.1. The number of benzene rings is 2. The summed E-state index contributed by atoms with van der Waals surface area (Å²) < 4.78 is 30.9. The van der Waals surface area contributed by atoms with Crippen LogP contribution in [0.4, 0.5) is 4.39 Å². The van der Waals surface area contributed by atoms with E-state index in [-0.39, 0.29) is 30.0 Å². The minimum absolute atomic E-state index is 0.0924. The predicted molar refractivity (Wildman–Crippen MR) is 124 cm³/mol. The summed E-state index contributed by atoms with van der Waals surface area (Å²) in [5, 5.41) is 2.59. The Hall–Kier alpha value is -2.77. The maximum atomic E-state index is 13.9. The molecule has 1 heterocycles. The molecular weight excluding hydrogens is 425 g/mol. The maximum absolute atomic E-state index is 13.9. The normalized spacial score (nSPS) is 17.0. The van der Waals surface area contributed by atoms with Gasteiger partial charge in [-0.25, -0.2) is 4.39 Å². The number of hydrogen-bond donors (Lipinski definition) is 1. The lowest BCUT2D eigenvalue weighted by Gasteiger charge is -2.17. The van der Waals surface area contributed by atoms with Crippen LogP contribution in [-0.2, 0) is 9.47 Å². The van der Waals surface area contributed by atoms with Crippen LogP contribution in [0.5, 0.6) is 5.75 Å². The summed E-state index contributed by atoms with van der Waals surface area (Å²) in [6.07, 6.45) is 0.373. The molecule has 1 aliphatic heterocycles. The molecule has 2 aromatic carbocycles. The highest BCUT2D eigenvalue weighted by Crippen LogP contribution is 2.45. The smallest absolute Gasteiger partial charge is 0.254 e. The van der Waals surface area contributed by atoms with Gasteiger partial charge in [0.05, 0.1) is 11.5 Å². The van der Waals surface area contributed by atoms with Crippen molar-refractivity contribution in [1.29, 1.82) is 0 Å². The van der Waals surface area contributed by atoms with Crippen molar-refractivity contribution in [3.63, 3.8) is 0 Å². The van der Waals surface area contributed by atoms with E-state index in [9.17, 15) is 14.0 Å². The van der Waals surface area contributed by atoms with Crippen molar-refractivity contribution in [3.8, 4) is 5.75 Å². The van der Waals surface area contributed by atoms with E-state index in [4.69, 9.17) is 14.2 Å². The number of ketones is 1. The minimum Gasteiger partial charge on any atom is -0.486 e. The molecule has 2 atom stereocenters. The van der Waals surface area contributed by atoms with Crippen molar-refractivity contribution < 1.29 is 28.2 Å². The third-order valence-corrected chi connectivity index (χ3v) is 5.75. The molecule has 1 amide bonds. The number of rotatable bonds is 12. The Morgan fingerprint density at radius 1 is 1.12 bits per heavy atom. The standard InChI is InChI=1S/C26H32FNO5/c1-4-31-23(32-5-2)13-9-12-21(29)18-14-19-24(17-10-7-6-8-11-17)22(16-27)33-25(19)20(15-18)26(30)28-3/h6-8,10-11,14-15,22-24H,4-5,9,12-13,16H2,1-3H3,(H,28,30)/t22-,24+/m1/s1. The Morgan fingerprint density at radius 2 is 1.82 bits per heavy atom. The van der Waals surface area contributed by atoms with Gasteiger partial charge >= 0.3 is 0 Å². The Kier molecular flexibility index (Phi) is 8.97. The lowest BCUT2D eigenvalue weighted by molar-refractivity contribution is -0.139. The lowest BCUT2D eigenvalue weighted by atomic mass is 9.86. The van der Waals surface area contributed by atoms with E-state index < -0.39 is 18.7 Å². The summed E-state index contributed by atoms with van der Waals surface area (Å²) in [6, 6.07) is 12.8. The molecule has 0 spiro atoms. The molecule has 7 heteroatoms. The van der Waals surface area contributed by atoms with Crippen molar-refractivity contribution in [2.75, 3.05) is 26.9 Å². The molecule has 0 aromatic heterocycles. The van der Waals surface area contributed by atoms with Gasteiger partial charge < -0.3 is 19.5 Å². The average Bonchev–Trinajstić information content (AvgIpc) is 3.22. The summed E-state index contributed by atoms with van der Waals surface area (Å²) >= 11 is 0. The van der Waals surface area contributed by atoms with Gasteiger partial charge in [-0.2, -0.15) is 0 Å². The number of nitrogens with one attached hydrogen (secondary N) is 1. The molecule has 0 fully saturated rings. The number of hydrogen-bond acceptors (Lipinski definition) is 5. The minimum atomic E-state index is -0.755. The Bertz CT molecular complexity index is 943. The van der Waals surface area contributed by atoms with Crippen LogP contribution in [0.25, 0.3) is 0 Å². The number of ether oxygens (including phenoxy) is 3. The summed E-state index contributed by atoms with van der Waals surface area (Å²) in [5.74, 6) is -0.525. The van der Waals surface area contributed by atoms with Crippen molar-refractivity contribution >= 4 is 11.7 Å². The van der Waals surface area contributed by atoms with Gasteiger partial charge in [0, 0.05) is 37.8 Å². The first kappa shape index (κ1) is 24.9. The van der Waals surface area contributed by atoms with Gasteiger partial charge in [0.25, 0.3) is 5.91 Å². The van der Waals surface area contributed by atoms with Crippen LogP contribution in [0, 0.1) is 0 Å². The zero-order valence-corrected chi connectivity index (χ0v) is 19.4. The molecule has 1 N–H and O–H groups in total. The molecular formula is C26H32FNO5. The van der Waals surface area contributed by atoms with Crippen LogP contribution in [0.3, 0.4) is 0 Å². The summed E-state index contributed by atoms with van der Waals surface area (Å²) in [7, 11) is 1.51. The fourth-order valence-electron chi connectivity index (χ4n) is 4.23. The summed E-state index contributed by atoms with van der Waals surface area (Å²) in [5.41, 5.74) is 2.20. The van der Waals surface area contributed by atoms with Crippen LogP contribution in [0.2, 0.25) is 0 Å². The van der Waals surface area contributed by atoms with Crippen LogP contribution in [0.1, 0.15) is 70.9 Å². The molecule has 33 heavy (non-hydrogen) atoms. The Morgan fingerprint density at radius 3 is 2.42 bits per heavy atom. The molecule has 178 valence electrons. The first-order chi connectivity index (χ1) is 16.0. The summed E-state index contributed by atoms with van der Waals surface area (Å²) in [6.45, 7) is 4.17. The molecule has 1 aliphatic rings. The van der Waals surface area contributed by atoms with Gasteiger partial charge in [-0.05, 0) is 44.4 Å². The van der Waals surface area contributed by atoms with E-state index in [1.807, 2.05) is 44.2 Å². The van der Waals surface area contributed by atoms with Crippen LogP contribution in [0.15, 0.2) is 42.5 Å². The van der Waals surface area contributed by atoms with Crippen molar-refractivity contribution in [2.24, 2.45) is 0 Å². The van der Waals surface area contributed by atoms with E-state index in [0.29, 0.717) is 42.9 Å². The average molecular weight is 458 g/mol. The van der Waals surface area contributed by atoms with Gasteiger partial charge in [-0.15, -0.1) is 0 Å². The Balaban J connectivity index is 1.90. The largest absolute Gasteiger partial charge is 0.486 e. The first-order valence-electron chi connectivity index (χ1n) is 11.5. The van der Waals surface area contributed by atoms with E-state index in [0.717, 1.165) is 5.56 Å². The van der Waals surface area contributed by atoms with Gasteiger partial charge in [0.15, 0.2) is 12.1 Å². The highest BCUT2D eigenvalue weighted by molar-refractivity contribution is 6.03. The molecule has 0 aliphatic carbocycles. The van der Waals surface area contributed by atoms with Crippen LogP contribution >= 0.6 is 0 Å². The third kappa shape index (κ3) is 5.78. The molecule has 6 nitrogen and oxygen atoms in total. The first-order valence-corrected chi connectivity index (χ1v) is 11.5. The zero-order chi connectivity index (χ0) is 23.8. The number of carbonyl (C=O) groups excluding carboxylic acids is 2. The molecule has 0 unspecified atom stereocenters. The van der Waals surface area contributed by atoms with Gasteiger partial charge in [0.1, 0.15) is 18.5 Å². The highest BCUT2D eigenvalue weighted by Gasteiger charge is 2.39. The molecule has 2 aromatic rings. The number of amides is 1. The SMILES string of the molecule is CCOC(CCCC(=O)c1cc(C(=O)NC)c2c(c1)[C@H](c1ccccc1)[C@@H](CF)O2)OCC. The number of Topliss-reactive ketones (excluding diaryl/α,β-unsaturated/α-hetero) is 1. The number of alkyl halides is 1. The number of carbonyl (C=O) groups is 2. The predicted octanol–water partition coefficient (Wildman–Crippen LogP) is 4.66. The zero-order valence-electron chi connectivity index (χ0n) is 19.4. The van der Waals surface area contributed by atoms with Crippen LogP contribution in [-0.4, -0.2) is 51.0 Å². The molecule has 0 bridgehead atoms. The monoisotopic (exact) mass is 457 g/mol. The fourth-order valence-corrected chi connectivity index (χ4v) is 4.23. The van der Waals surface area contributed by atoms with Gasteiger partial charge in [-0.1, -0.05) is 30.3 Å². The third-order valence-electron chi connectivity index (χ3n) is 5.75. The van der Waals surface area contributed by atoms with E-state index in [1.165, 1.54) is 7.05 Å². The fraction of sp³-hybridized carbons (Fsp3) is 0.462. The molecule has 3 rings (SSSR count). The van der Waals surface area contributed by atoms with Crippen molar-refractivity contribution in [2.45, 2.75) is 51.4 Å². The second-order valence-electron chi connectivity index (χ2n) is 7.88. The topological polar surface area (TPSA) is 73.9 Å². The molecule has 0 radical (unpaired) electrons. The van der Waals surface area contributed by atoms with Gasteiger partial charge in [-0.3, -0.25) is 9.59 Å². The van der Waals surface area contributed by atoms with E-state index >= 15 is 0 Å². The molecule has 0 saturated heterocycles. The molecule has 0 saturated carbocycles. The quantitative estimate of drug-likeness (QED) is 0.371. The second-order valence-corrected chi connectivity index (χ2v) is 7.88. The Labute approximate surface area is 194 Å².